The third-order valence-corrected chi connectivity index (χ3v) is 2.98. The Morgan fingerprint density at radius 3 is 2.86 bits per heavy atom. The Morgan fingerprint density at radius 1 is 1.43 bits per heavy atom. The van der Waals surface area contributed by atoms with Crippen LogP contribution in [0.1, 0.15) is 33.1 Å². The third kappa shape index (κ3) is 3.42. The minimum Gasteiger partial charge on any atom is -0.316 e. The van der Waals surface area contributed by atoms with Crippen LogP contribution in [0.4, 0.5) is 0 Å². The lowest BCUT2D eigenvalue weighted by Gasteiger charge is -2.35. The zero-order chi connectivity index (χ0) is 10.4. The minimum atomic E-state index is 0.943. The van der Waals surface area contributed by atoms with E-state index in [0.717, 1.165) is 25.0 Å². The van der Waals surface area contributed by atoms with Crippen LogP contribution in [0.5, 0.6) is 0 Å². The van der Waals surface area contributed by atoms with Gasteiger partial charge in [-0.15, -0.1) is 0 Å². The molecule has 1 atom stereocenters. The number of hydrogen-bond acceptors (Lipinski definition) is 1. The van der Waals surface area contributed by atoms with Crippen molar-refractivity contribution < 1.29 is 4.90 Å². The lowest BCUT2D eigenvalue weighted by molar-refractivity contribution is -0.914. The molecule has 0 bridgehead atoms. The minimum absolute atomic E-state index is 0.943. The third-order valence-electron chi connectivity index (χ3n) is 2.58. The first-order valence-electron chi connectivity index (χ1n) is 5.64. The van der Waals surface area contributed by atoms with Crippen LogP contribution < -0.4 is 10.2 Å². The normalized spacial score (nSPS) is 22.3. The molecule has 4 heteroatoms. The molecule has 1 aliphatic rings. The van der Waals surface area contributed by atoms with Gasteiger partial charge in [-0.25, -0.2) is 0 Å². The van der Waals surface area contributed by atoms with Gasteiger partial charge in [0.15, 0.2) is 18.4 Å². The van der Waals surface area contributed by atoms with Crippen molar-refractivity contribution in [2.75, 3.05) is 26.4 Å². The van der Waals surface area contributed by atoms with Gasteiger partial charge in [0.25, 0.3) is 0 Å². The number of thiocarbonyl (C=S) groups is 1. The van der Waals surface area contributed by atoms with E-state index in [1.165, 1.54) is 25.8 Å². The van der Waals surface area contributed by atoms with E-state index >= 15 is 0 Å². The van der Waals surface area contributed by atoms with Crippen molar-refractivity contribution in [1.29, 1.82) is 0 Å². The van der Waals surface area contributed by atoms with Gasteiger partial charge in [-0.05, 0) is 25.1 Å². The molecular weight excluding hydrogens is 194 g/mol. The summed E-state index contributed by atoms with van der Waals surface area (Å²) in [6.07, 6.45) is 3.72. The second-order valence-corrected chi connectivity index (χ2v) is 4.32. The van der Waals surface area contributed by atoms with Crippen LogP contribution in [0, 0.1) is 0 Å². The molecular formula is C10H22N3S+. The Bertz CT molecular complexity index is 184. The van der Waals surface area contributed by atoms with E-state index in [-0.39, 0.29) is 0 Å². The van der Waals surface area contributed by atoms with Crippen LogP contribution in [0.2, 0.25) is 0 Å². The van der Waals surface area contributed by atoms with E-state index in [1.807, 2.05) is 0 Å². The molecule has 1 rings (SSSR count). The lowest BCUT2D eigenvalue weighted by Crippen LogP contribution is -3.17. The van der Waals surface area contributed by atoms with Crippen LogP contribution in [0.25, 0.3) is 0 Å². The molecule has 2 N–H and O–H groups in total. The van der Waals surface area contributed by atoms with E-state index in [4.69, 9.17) is 12.2 Å². The second-order valence-electron chi connectivity index (χ2n) is 3.93. The Labute approximate surface area is 92.4 Å². The topological polar surface area (TPSA) is 19.7 Å². The molecule has 1 fully saturated rings. The molecule has 1 aliphatic heterocycles. The van der Waals surface area contributed by atoms with Gasteiger partial charge in [0.05, 0.1) is 6.54 Å². The van der Waals surface area contributed by atoms with Gasteiger partial charge in [0.2, 0.25) is 0 Å². The highest BCUT2D eigenvalue weighted by Crippen LogP contribution is 1.95. The van der Waals surface area contributed by atoms with Gasteiger partial charge >= 0.3 is 0 Å². The summed E-state index contributed by atoms with van der Waals surface area (Å²) in [6.45, 7) is 8.87. The highest BCUT2D eigenvalue weighted by Gasteiger charge is 2.21. The van der Waals surface area contributed by atoms with Crippen LogP contribution in [0.3, 0.4) is 0 Å². The summed E-state index contributed by atoms with van der Waals surface area (Å²) in [4.78, 5) is 3.89. The van der Waals surface area contributed by atoms with Crippen LogP contribution in [0.15, 0.2) is 0 Å². The Balaban J connectivity index is 2.34. The van der Waals surface area contributed by atoms with Crippen molar-refractivity contribution in [3.05, 3.63) is 0 Å². The van der Waals surface area contributed by atoms with Crippen molar-refractivity contribution in [2.45, 2.75) is 33.1 Å². The van der Waals surface area contributed by atoms with Crippen molar-refractivity contribution in [1.82, 2.24) is 10.2 Å². The molecule has 1 heterocycles. The molecule has 0 saturated carbocycles. The second kappa shape index (κ2) is 6.19. The Kier molecular flexibility index (Phi) is 5.19. The summed E-state index contributed by atoms with van der Waals surface area (Å²) in [5, 5.41) is 4.24. The molecule has 0 aliphatic carbocycles. The zero-order valence-corrected chi connectivity index (χ0v) is 10.1. The first-order chi connectivity index (χ1) is 6.77. The average Bonchev–Trinajstić information content (AvgIpc) is 2.19. The summed E-state index contributed by atoms with van der Waals surface area (Å²) in [7, 11) is 0. The number of hydrogen-bond donors (Lipinski definition) is 2. The van der Waals surface area contributed by atoms with Gasteiger partial charge in [-0.1, -0.05) is 20.3 Å². The first-order valence-corrected chi connectivity index (χ1v) is 6.05. The van der Waals surface area contributed by atoms with E-state index in [0.29, 0.717) is 0 Å². The number of quaternary nitrogens is 1. The number of nitrogens with one attached hydrogen (secondary N) is 2. The van der Waals surface area contributed by atoms with E-state index in [1.54, 1.807) is 4.90 Å². The smallest absolute Gasteiger partial charge is 0.177 e. The monoisotopic (exact) mass is 216 g/mol. The molecule has 0 amide bonds. The average molecular weight is 216 g/mol. The van der Waals surface area contributed by atoms with Crippen molar-refractivity contribution in [3.8, 4) is 0 Å². The maximum absolute atomic E-state index is 5.28. The fraction of sp³-hybridized carbons (Fsp3) is 0.900. The summed E-state index contributed by atoms with van der Waals surface area (Å²) in [6, 6.07) is 0. The van der Waals surface area contributed by atoms with Crippen molar-refractivity contribution >= 4 is 17.3 Å². The molecule has 1 unspecified atom stereocenters. The number of rotatable bonds is 5. The van der Waals surface area contributed by atoms with Gasteiger partial charge in [-0.2, -0.15) is 0 Å². The molecule has 3 nitrogen and oxygen atoms in total. The van der Waals surface area contributed by atoms with Crippen molar-refractivity contribution in [2.24, 2.45) is 0 Å². The summed E-state index contributed by atoms with van der Waals surface area (Å²) >= 11 is 5.28. The number of nitrogens with zero attached hydrogens (tertiary/aromatic N) is 1. The first kappa shape index (κ1) is 11.7. The SMILES string of the molecule is CCCCN1C[NH+](CCC)CNC1=S. The summed E-state index contributed by atoms with van der Waals surface area (Å²) in [5.74, 6) is 0. The highest BCUT2D eigenvalue weighted by molar-refractivity contribution is 7.80. The predicted molar refractivity (Wildman–Crippen MR) is 63.2 cm³/mol. The largest absolute Gasteiger partial charge is 0.316 e. The molecule has 14 heavy (non-hydrogen) atoms. The van der Waals surface area contributed by atoms with Crippen LogP contribution in [-0.2, 0) is 0 Å². The molecule has 82 valence electrons. The molecule has 0 aromatic heterocycles. The molecule has 0 radical (unpaired) electrons. The van der Waals surface area contributed by atoms with Crippen molar-refractivity contribution in [3.63, 3.8) is 0 Å². The number of unbranched alkanes of at least 4 members (excludes halogenated alkanes) is 1. The standard InChI is InChI=1S/C10H21N3S/c1-3-5-7-13-9-12(6-4-2)8-11-10(13)14/h3-9H2,1-2H3,(H,11,14)/p+1. The lowest BCUT2D eigenvalue weighted by atomic mass is 10.3. The predicted octanol–water partition coefficient (Wildman–Crippen LogP) is 0.187. The van der Waals surface area contributed by atoms with E-state index in [9.17, 15) is 0 Å². The fourth-order valence-electron chi connectivity index (χ4n) is 1.76. The van der Waals surface area contributed by atoms with Gasteiger partial charge in [-0.3, -0.25) is 0 Å². The maximum Gasteiger partial charge on any atom is 0.177 e. The molecule has 0 spiro atoms. The highest BCUT2D eigenvalue weighted by atomic mass is 32.1. The van der Waals surface area contributed by atoms with Gasteiger partial charge in [0.1, 0.15) is 0 Å². The Hall–Kier alpha value is -0.350. The quantitative estimate of drug-likeness (QED) is 0.640. The molecule has 1 saturated heterocycles. The van der Waals surface area contributed by atoms with Gasteiger partial charge < -0.3 is 15.1 Å². The summed E-state index contributed by atoms with van der Waals surface area (Å²) < 4.78 is 0. The molecule has 0 aromatic carbocycles. The zero-order valence-electron chi connectivity index (χ0n) is 9.31. The Morgan fingerprint density at radius 2 is 2.21 bits per heavy atom. The molecule has 0 aromatic rings. The maximum atomic E-state index is 5.28. The van der Waals surface area contributed by atoms with E-state index in [2.05, 4.69) is 24.1 Å². The fourth-order valence-corrected chi connectivity index (χ4v) is 1.99. The van der Waals surface area contributed by atoms with Gasteiger partial charge in [0, 0.05) is 6.54 Å². The van der Waals surface area contributed by atoms with Crippen LogP contribution >= 0.6 is 12.2 Å². The summed E-state index contributed by atoms with van der Waals surface area (Å²) in [5.41, 5.74) is 0. The van der Waals surface area contributed by atoms with E-state index < -0.39 is 0 Å². The van der Waals surface area contributed by atoms with Crippen LogP contribution in [-0.4, -0.2) is 36.4 Å².